The van der Waals surface area contributed by atoms with Crippen molar-refractivity contribution in [2.75, 3.05) is 26.8 Å². The molecule has 2 fully saturated rings. The van der Waals surface area contributed by atoms with E-state index in [9.17, 15) is 9.90 Å². The normalized spacial score (nSPS) is 30.6. The average Bonchev–Trinajstić information content (AvgIpc) is 2.40. The largest absolute Gasteiger partial charge is 0.481 e. The average molecular weight is 255 g/mol. The number of carbonyl (C=O) groups is 1. The van der Waals surface area contributed by atoms with Gasteiger partial charge in [0.2, 0.25) is 0 Å². The third-order valence-corrected chi connectivity index (χ3v) is 4.53. The molecule has 0 amide bonds. The molecule has 2 aliphatic rings. The van der Waals surface area contributed by atoms with Crippen molar-refractivity contribution in [2.45, 2.75) is 51.0 Å². The van der Waals surface area contributed by atoms with E-state index >= 15 is 0 Å². The van der Waals surface area contributed by atoms with Crippen molar-refractivity contribution >= 4 is 5.97 Å². The van der Waals surface area contributed by atoms with Gasteiger partial charge in [-0.3, -0.25) is 4.79 Å². The van der Waals surface area contributed by atoms with Crippen LogP contribution in [0.5, 0.6) is 0 Å². The molecule has 1 saturated heterocycles. The van der Waals surface area contributed by atoms with Crippen molar-refractivity contribution < 1.29 is 14.6 Å². The summed E-state index contributed by atoms with van der Waals surface area (Å²) in [6, 6.07) is 0.567. The Labute approximate surface area is 109 Å². The van der Waals surface area contributed by atoms with Crippen molar-refractivity contribution in [2.24, 2.45) is 5.41 Å². The van der Waals surface area contributed by atoms with Gasteiger partial charge in [0.1, 0.15) is 5.41 Å². The van der Waals surface area contributed by atoms with Gasteiger partial charge in [-0.15, -0.1) is 0 Å². The molecule has 4 heteroatoms. The molecule has 1 aliphatic carbocycles. The Morgan fingerprint density at radius 3 is 2.61 bits per heavy atom. The monoisotopic (exact) mass is 255 g/mol. The molecule has 2 rings (SSSR count). The quantitative estimate of drug-likeness (QED) is 0.836. The first-order chi connectivity index (χ1) is 8.64. The lowest BCUT2D eigenvalue weighted by molar-refractivity contribution is -0.159. The zero-order valence-electron chi connectivity index (χ0n) is 11.4. The Morgan fingerprint density at radius 2 is 2.06 bits per heavy atom. The summed E-state index contributed by atoms with van der Waals surface area (Å²) in [5.41, 5.74) is -0.676. The van der Waals surface area contributed by atoms with Crippen LogP contribution < -0.4 is 0 Å². The van der Waals surface area contributed by atoms with E-state index in [-0.39, 0.29) is 0 Å². The van der Waals surface area contributed by atoms with Gasteiger partial charge in [0.25, 0.3) is 0 Å². The number of aliphatic carboxylic acids is 1. The molecule has 1 aliphatic heterocycles. The summed E-state index contributed by atoms with van der Waals surface area (Å²) in [6.07, 6.45) is 7.94. The van der Waals surface area contributed by atoms with E-state index in [2.05, 4.69) is 11.9 Å². The first-order valence-corrected chi connectivity index (χ1v) is 7.15. The molecule has 1 atom stereocenters. The van der Waals surface area contributed by atoms with Crippen LogP contribution in [-0.2, 0) is 9.53 Å². The molecule has 0 aromatic rings. The van der Waals surface area contributed by atoms with Crippen LogP contribution in [0.4, 0.5) is 0 Å². The topological polar surface area (TPSA) is 49.8 Å². The summed E-state index contributed by atoms with van der Waals surface area (Å²) in [5, 5.41) is 9.53. The second-order valence-corrected chi connectivity index (χ2v) is 5.95. The van der Waals surface area contributed by atoms with E-state index in [1.807, 2.05) is 0 Å². The molecule has 0 aromatic carbocycles. The van der Waals surface area contributed by atoms with Gasteiger partial charge in [0.05, 0.1) is 6.61 Å². The second kappa shape index (κ2) is 6.02. The minimum absolute atomic E-state index is 0.374. The second-order valence-electron chi connectivity index (χ2n) is 5.95. The molecule has 1 saturated carbocycles. The number of ether oxygens (including phenoxy) is 1. The summed E-state index contributed by atoms with van der Waals surface area (Å²) >= 11 is 0. The van der Waals surface area contributed by atoms with Gasteiger partial charge in [-0.2, -0.15) is 0 Å². The lowest BCUT2D eigenvalue weighted by atomic mass is 9.81. The fourth-order valence-corrected chi connectivity index (χ4v) is 3.34. The minimum Gasteiger partial charge on any atom is -0.481 e. The van der Waals surface area contributed by atoms with Gasteiger partial charge in [-0.25, -0.2) is 0 Å². The van der Waals surface area contributed by atoms with Crippen molar-refractivity contribution in [1.82, 2.24) is 4.90 Å². The van der Waals surface area contributed by atoms with Crippen LogP contribution in [-0.4, -0.2) is 48.8 Å². The number of rotatable bonds is 4. The number of nitrogens with zero attached hydrogens (tertiary/aromatic N) is 1. The predicted octanol–water partition coefficient (Wildman–Crippen LogP) is 2.13. The third kappa shape index (κ3) is 3.04. The maximum atomic E-state index is 11.6. The molecule has 0 spiro atoms. The van der Waals surface area contributed by atoms with E-state index in [0.29, 0.717) is 25.8 Å². The predicted molar refractivity (Wildman–Crippen MR) is 69.6 cm³/mol. The zero-order valence-corrected chi connectivity index (χ0v) is 11.4. The molecule has 4 nitrogen and oxygen atoms in total. The van der Waals surface area contributed by atoms with Crippen LogP contribution in [0, 0.1) is 5.41 Å². The van der Waals surface area contributed by atoms with Gasteiger partial charge in [-0.05, 0) is 32.7 Å². The summed E-state index contributed by atoms with van der Waals surface area (Å²) in [7, 11) is 2.08. The molecule has 104 valence electrons. The highest BCUT2D eigenvalue weighted by Crippen LogP contribution is 2.32. The Morgan fingerprint density at radius 1 is 1.33 bits per heavy atom. The summed E-state index contributed by atoms with van der Waals surface area (Å²) in [4.78, 5) is 13.9. The summed E-state index contributed by atoms with van der Waals surface area (Å²) < 4.78 is 5.43. The molecule has 0 bridgehead atoms. The van der Waals surface area contributed by atoms with Crippen molar-refractivity contribution in [3.8, 4) is 0 Å². The maximum absolute atomic E-state index is 11.6. The Kier molecular flexibility index (Phi) is 4.62. The van der Waals surface area contributed by atoms with Crippen molar-refractivity contribution in [3.05, 3.63) is 0 Å². The SMILES string of the molecule is CN(CC1(C(=O)O)CCCOC1)C1CCCCC1. The van der Waals surface area contributed by atoms with Crippen LogP contribution in [0.15, 0.2) is 0 Å². The van der Waals surface area contributed by atoms with Gasteiger partial charge in [-0.1, -0.05) is 19.3 Å². The van der Waals surface area contributed by atoms with Gasteiger partial charge < -0.3 is 14.7 Å². The lowest BCUT2D eigenvalue weighted by Gasteiger charge is -2.40. The molecule has 1 N–H and O–H groups in total. The maximum Gasteiger partial charge on any atom is 0.313 e. The van der Waals surface area contributed by atoms with Crippen LogP contribution >= 0.6 is 0 Å². The molecule has 1 heterocycles. The fraction of sp³-hybridized carbons (Fsp3) is 0.929. The van der Waals surface area contributed by atoms with Gasteiger partial charge >= 0.3 is 5.97 Å². The van der Waals surface area contributed by atoms with E-state index in [4.69, 9.17) is 4.74 Å². The van der Waals surface area contributed by atoms with Crippen molar-refractivity contribution in [3.63, 3.8) is 0 Å². The van der Waals surface area contributed by atoms with Gasteiger partial charge in [0.15, 0.2) is 0 Å². The van der Waals surface area contributed by atoms with Crippen molar-refractivity contribution in [1.29, 1.82) is 0 Å². The first-order valence-electron chi connectivity index (χ1n) is 7.15. The van der Waals surface area contributed by atoms with E-state index < -0.39 is 11.4 Å². The minimum atomic E-state index is -0.690. The van der Waals surface area contributed by atoms with E-state index in [0.717, 1.165) is 12.8 Å². The molecule has 0 radical (unpaired) electrons. The highest BCUT2D eigenvalue weighted by Gasteiger charge is 2.42. The van der Waals surface area contributed by atoms with E-state index in [1.165, 1.54) is 32.1 Å². The lowest BCUT2D eigenvalue weighted by Crippen LogP contribution is -2.50. The van der Waals surface area contributed by atoms with Crippen LogP contribution in [0.25, 0.3) is 0 Å². The molecule has 1 unspecified atom stereocenters. The molecular formula is C14H25NO3. The zero-order chi connectivity index (χ0) is 13.0. The fourth-order valence-electron chi connectivity index (χ4n) is 3.34. The number of carboxylic acids is 1. The number of hydrogen-bond donors (Lipinski definition) is 1. The highest BCUT2D eigenvalue weighted by molar-refractivity contribution is 5.75. The number of carboxylic acid groups (broad SMARTS) is 1. The standard InChI is InChI=1S/C14H25NO3/c1-15(12-6-3-2-4-7-12)10-14(13(16)17)8-5-9-18-11-14/h12H,2-11H2,1H3,(H,16,17). The van der Waals surface area contributed by atoms with Gasteiger partial charge in [0, 0.05) is 19.2 Å². The summed E-state index contributed by atoms with van der Waals surface area (Å²) in [5.74, 6) is -0.690. The Bertz CT molecular complexity index is 281. The number of hydrogen-bond acceptors (Lipinski definition) is 3. The van der Waals surface area contributed by atoms with E-state index in [1.54, 1.807) is 0 Å². The first kappa shape index (κ1) is 13.8. The highest BCUT2D eigenvalue weighted by atomic mass is 16.5. The summed E-state index contributed by atoms with van der Waals surface area (Å²) in [6.45, 7) is 1.72. The molecule has 18 heavy (non-hydrogen) atoms. The Balaban J connectivity index is 1.97. The Hall–Kier alpha value is -0.610. The van der Waals surface area contributed by atoms with Crippen LogP contribution in [0.3, 0.4) is 0 Å². The smallest absolute Gasteiger partial charge is 0.313 e. The van der Waals surface area contributed by atoms with Crippen LogP contribution in [0.1, 0.15) is 44.9 Å². The van der Waals surface area contributed by atoms with Crippen LogP contribution in [0.2, 0.25) is 0 Å². The molecular weight excluding hydrogens is 230 g/mol. The third-order valence-electron chi connectivity index (χ3n) is 4.53. The molecule has 0 aromatic heterocycles.